The number of unbranched alkanes of at least 4 members (excludes halogenated alkanes) is 6. The van der Waals surface area contributed by atoms with Crippen molar-refractivity contribution in [2.45, 2.75) is 71.6 Å². The van der Waals surface area contributed by atoms with Gasteiger partial charge in [0, 0.05) is 0 Å². The van der Waals surface area contributed by atoms with Gasteiger partial charge in [0.25, 0.3) is 20.8 Å². The van der Waals surface area contributed by atoms with Crippen molar-refractivity contribution in [2.75, 3.05) is 0 Å². The van der Waals surface area contributed by atoms with E-state index in [4.69, 9.17) is 4.74 Å². The van der Waals surface area contributed by atoms with E-state index < -0.39 is 26.5 Å². The first-order valence-electron chi connectivity index (χ1n) is 11.6. The molecule has 37 heavy (non-hydrogen) atoms. The Bertz CT molecular complexity index is 1150. The van der Waals surface area contributed by atoms with Crippen molar-refractivity contribution < 1.29 is 98.2 Å². The zero-order valence-electron chi connectivity index (χ0n) is 22.0. The molecule has 2 aromatic rings. The van der Waals surface area contributed by atoms with Crippen LogP contribution in [-0.4, -0.2) is 25.9 Å². The second-order valence-corrected chi connectivity index (χ2v) is 10.7. The Morgan fingerprint density at radius 3 is 1.73 bits per heavy atom. The minimum atomic E-state index is -5.10. The molecule has 2 aromatic carbocycles. The third-order valence-corrected chi connectivity index (χ3v) is 5.98. The van der Waals surface area contributed by atoms with Gasteiger partial charge >= 0.3 is 59.1 Å². The number of aryl methyl sites for hydroxylation is 1. The average Bonchev–Trinajstić information content (AvgIpc) is 2.73. The first-order chi connectivity index (χ1) is 16.4. The predicted molar refractivity (Wildman–Crippen MR) is 129 cm³/mol. The van der Waals surface area contributed by atoms with Crippen molar-refractivity contribution in [3.63, 3.8) is 0 Å². The van der Waals surface area contributed by atoms with Gasteiger partial charge in [-0.05, 0) is 48.6 Å². The molecule has 0 aliphatic heterocycles. The van der Waals surface area contributed by atoms with Crippen LogP contribution in [0.3, 0.4) is 0 Å². The number of hydrogen-bond donors (Lipinski definition) is 0. The molecule has 0 heterocycles. The van der Waals surface area contributed by atoms with E-state index in [2.05, 4.69) is 22.2 Å². The van der Waals surface area contributed by atoms with Crippen molar-refractivity contribution in [1.29, 1.82) is 0 Å². The number of hydrogen-bond acceptors (Lipinski definition) is 9. The van der Waals surface area contributed by atoms with Crippen molar-refractivity contribution in [3.8, 4) is 23.0 Å². The molecule has 13 heteroatoms. The maximum Gasteiger partial charge on any atom is 1.00 e. The summed E-state index contributed by atoms with van der Waals surface area (Å²) in [5, 5.41) is 0. The predicted octanol–water partition coefficient (Wildman–Crippen LogP) is -0.516. The molecule has 0 aliphatic carbocycles. The molecule has 0 unspecified atom stereocenters. The molecule has 0 aliphatic rings. The number of para-hydroxylation sites is 2. The Balaban J connectivity index is 0.00000648. The topological polar surface area (TPSA) is 142 Å². The fourth-order valence-corrected chi connectivity index (χ4v) is 4.27. The third-order valence-electron chi connectivity index (χ3n) is 5.21. The first-order valence-corrected chi connectivity index (χ1v) is 14.3. The Kier molecular flexibility index (Phi) is 17.9. The van der Waals surface area contributed by atoms with Crippen LogP contribution in [0.1, 0.15) is 70.8 Å². The number of rotatable bonds is 16. The van der Waals surface area contributed by atoms with E-state index in [1.165, 1.54) is 68.5 Å². The van der Waals surface area contributed by atoms with Crippen molar-refractivity contribution in [2.24, 2.45) is 5.92 Å². The summed E-state index contributed by atoms with van der Waals surface area (Å²) in [5.41, 5.74) is 0.750. The summed E-state index contributed by atoms with van der Waals surface area (Å²) >= 11 is 0. The summed E-state index contributed by atoms with van der Waals surface area (Å²) in [4.78, 5) is 0. The molecule has 0 saturated heterocycles. The van der Waals surface area contributed by atoms with Crippen molar-refractivity contribution in [3.05, 3.63) is 48.0 Å². The maximum atomic E-state index is 11.2. The number of ether oxygens (including phenoxy) is 1. The van der Waals surface area contributed by atoms with Crippen molar-refractivity contribution >= 4 is 20.8 Å². The molecule has 196 valence electrons. The van der Waals surface area contributed by atoms with Crippen LogP contribution in [0.25, 0.3) is 0 Å². The Morgan fingerprint density at radius 2 is 1.16 bits per heavy atom. The first kappa shape index (κ1) is 36.7. The van der Waals surface area contributed by atoms with Gasteiger partial charge in [-0.1, -0.05) is 77.0 Å². The van der Waals surface area contributed by atoms with E-state index in [1.807, 2.05) is 0 Å². The average molecular weight is 575 g/mol. The molecule has 2 rings (SSSR count). The Morgan fingerprint density at radius 1 is 0.676 bits per heavy atom. The molecule has 0 saturated carbocycles. The Labute approximate surface area is 265 Å². The zero-order chi connectivity index (χ0) is 25.9. The van der Waals surface area contributed by atoms with E-state index >= 15 is 0 Å². The summed E-state index contributed by atoms with van der Waals surface area (Å²) in [6, 6.07) is 9.91. The molecule has 0 aromatic heterocycles. The van der Waals surface area contributed by atoms with Crippen LogP contribution < -0.4 is 72.2 Å². The molecular weight excluding hydrogens is 542 g/mol. The van der Waals surface area contributed by atoms with Gasteiger partial charge < -0.3 is 22.2 Å². The molecular formula is C24H32Na2O9S2. The van der Waals surface area contributed by atoms with Crippen LogP contribution in [0.5, 0.6) is 23.0 Å². The standard InChI is InChI=1S/C24H34O9S2.2Na/c1-19(2)12-8-6-4-3-5-7-9-13-20-16-17-22(24(18-20)33-35(28,29)30)31-21-14-10-11-15-23(21)32-34(25,26)27;;/h10-11,14-19H,3-9,12-13H2,1-2H3,(H,25,26,27)(H,28,29,30);;/q;2*+1/p-2. The third kappa shape index (κ3) is 16.4. The molecule has 0 atom stereocenters. The van der Waals surface area contributed by atoms with Crippen LogP contribution in [-0.2, 0) is 27.2 Å². The van der Waals surface area contributed by atoms with Gasteiger partial charge in [0.15, 0.2) is 23.0 Å². The fourth-order valence-electron chi connectivity index (χ4n) is 3.56. The van der Waals surface area contributed by atoms with Gasteiger partial charge in [0.1, 0.15) is 0 Å². The largest absolute Gasteiger partial charge is 1.00 e. The normalized spacial score (nSPS) is 11.4. The molecule has 0 radical (unpaired) electrons. The maximum absolute atomic E-state index is 11.2. The van der Waals surface area contributed by atoms with Gasteiger partial charge in [0.05, 0.1) is 0 Å². The monoisotopic (exact) mass is 574 g/mol. The molecule has 0 amide bonds. The van der Waals surface area contributed by atoms with Crippen LogP contribution in [0, 0.1) is 5.92 Å². The smallest absolute Gasteiger partial charge is 0.716 e. The molecule has 0 fully saturated rings. The molecule has 0 N–H and O–H groups in total. The summed E-state index contributed by atoms with van der Waals surface area (Å²) in [6.45, 7) is 4.47. The summed E-state index contributed by atoms with van der Waals surface area (Å²) in [7, 11) is -10.2. The Hall–Kier alpha value is -0.340. The van der Waals surface area contributed by atoms with Crippen LogP contribution >= 0.6 is 0 Å². The van der Waals surface area contributed by atoms with Gasteiger partial charge in [0.2, 0.25) is 0 Å². The van der Waals surface area contributed by atoms with Crippen molar-refractivity contribution in [1.82, 2.24) is 0 Å². The minimum absolute atomic E-state index is 0. The zero-order valence-corrected chi connectivity index (χ0v) is 27.6. The summed E-state index contributed by atoms with van der Waals surface area (Å²) < 4.78 is 81.0. The van der Waals surface area contributed by atoms with E-state index in [-0.39, 0.29) is 76.4 Å². The summed E-state index contributed by atoms with van der Waals surface area (Å²) in [5.74, 6) is -0.335. The van der Waals surface area contributed by atoms with E-state index in [0.29, 0.717) is 6.42 Å². The van der Waals surface area contributed by atoms with E-state index in [0.717, 1.165) is 30.7 Å². The van der Waals surface area contributed by atoms with Gasteiger partial charge in [-0.2, -0.15) is 0 Å². The van der Waals surface area contributed by atoms with Crippen LogP contribution in [0.2, 0.25) is 0 Å². The quantitative estimate of drug-likeness (QED) is 0.112. The second kappa shape index (κ2) is 18.1. The number of benzene rings is 2. The van der Waals surface area contributed by atoms with Gasteiger partial charge in [-0.15, -0.1) is 0 Å². The minimum Gasteiger partial charge on any atom is -0.716 e. The van der Waals surface area contributed by atoms with E-state index in [1.54, 1.807) is 6.07 Å². The second-order valence-electron chi connectivity index (χ2n) is 8.72. The SMILES string of the molecule is CC(C)CCCCCCCCCc1ccc(Oc2ccccc2OS(=O)(=O)[O-])c(OS(=O)(=O)[O-])c1.[Na+].[Na+]. The molecule has 0 spiro atoms. The molecule has 9 nitrogen and oxygen atoms in total. The van der Waals surface area contributed by atoms with Crippen LogP contribution in [0.4, 0.5) is 0 Å². The van der Waals surface area contributed by atoms with E-state index in [9.17, 15) is 25.9 Å². The van der Waals surface area contributed by atoms with Gasteiger partial charge in [-0.3, -0.25) is 0 Å². The van der Waals surface area contributed by atoms with Gasteiger partial charge in [-0.25, -0.2) is 16.8 Å². The molecule has 0 bridgehead atoms. The fraction of sp³-hybridized carbons (Fsp3) is 0.500. The summed E-state index contributed by atoms with van der Waals surface area (Å²) in [6.07, 6.45) is 9.84. The van der Waals surface area contributed by atoms with Crippen LogP contribution in [0.15, 0.2) is 42.5 Å².